The summed E-state index contributed by atoms with van der Waals surface area (Å²) in [6, 6.07) is 0. The maximum Gasteiger partial charge on any atom is 0.0495 e. The predicted octanol–water partition coefficient (Wildman–Crippen LogP) is -2.57. The van der Waals surface area contributed by atoms with Crippen LogP contribution >= 0.6 is 7.60 Å². The summed E-state index contributed by atoms with van der Waals surface area (Å²) in [5, 5.41) is 9.89. The number of carboxylic acid groups (broad SMARTS) is 1. The second-order valence-corrected chi connectivity index (χ2v) is 3.49. The van der Waals surface area contributed by atoms with Gasteiger partial charge in [-0.1, -0.05) is 14.5 Å². The minimum atomic E-state index is -4.99. The molecule has 1 atom stereocenters. The van der Waals surface area contributed by atoms with Gasteiger partial charge in [-0.05, 0) is 6.42 Å². The Bertz CT molecular complexity index is 170. The minimum Gasteiger partial charge on any atom is -0.810 e. The number of aliphatic carboxylic acids is 1. The van der Waals surface area contributed by atoms with Crippen LogP contribution in [0.15, 0.2) is 0 Å². The monoisotopic (exact) mass is 165 g/mol. The summed E-state index contributed by atoms with van der Waals surface area (Å²) < 4.78 is 10.1. The van der Waals surface area contributed by atoms with Gasteiger partial charge in [0.2, 0.25) is 0 Å². The van der Waals surface area contributed by atoms with Crippen molar-refractivity contribution in [2.45, 2.75) is 19.0 Å². The molecule has 0 aliphatic rings. The molecule has 0 spiro atoms. The van der Waals surface area contributed by atoms with Crippen LogP contribution in [0.2, 0.25) is 0 Å². The predicted molar refractivity (Wildman–Crippen MR) is 26.7 cm³/mol. The van der Waals surface area contributed by atoms with E-state index in [0.717, 1.165) is 0 Å². The molecule has 60 valence electrons. The van der Waals surface area contributed by atoms with Crippen molar-refractivity contribution in [2.75, 3.05) is 0 Å². The molecule has 6 heteroatoms. The van der Waals surface area contributed by atoms with Crippen molar-refractivity contribution in [1.29, 1.82) is 0 Å². The third-order valence-electron chi connectivity index (χ3n) is 1.04. The quantitative estimate of drug-likeness (QED) is 0.427. The molecule has 0 rings (SSSR count). The van der Waals surface area contributed by atoms with Crippen LogP contribution in [0.3, 0.4) is 0 Å². The van der Waals surface area contributed by atoms with Gasteiger partial charge in [0.25, 0.3) is 0 Å². The van der Waals surface area contributed by atoms with Gasteiger partial charge in [0.15, 0.2) is 0 Å². The van der Waals surface area contributed by atoms with Gasteiger partial charge in [-0.15, -0.1) is 0 Å². The molecule has 0 aromatic carbocycles. The van der Waals surface area contributed by atoms with Gasteiger partial charge in [-0.25, -0.2) is 0 Å². The zero-order chi connectivity index (χ0) is 8.36. The van der Waals surface area contributed by atoms with E-state index in [-0.39, 0.29) is 6.42 Å². The van der Waals surface area contributed by atoms with Gasteiger partial charge < -0.3 is 24.3 Å². The van der Waals surface area contributed by atoms with Crippen molar-refractivity contribution in [3.63, 3.8) is 0 Å². The largest absolute Gasteiger partial charge is 0.810 e. The minimum absolute atomic E-state index is 0.243. The Morgan fingerprint density at radius 1 is 1.60 bits per heavy atom. The van der Waals surface area contributed by atoms with Crippen LogP contribution in [0.4, 0.5) is 0 Å². The average molecular weight is 165 g/mol. The van der Waals surface area contributed by atoms with E-state index in [1.54, 1.807) is 0 Å². The second kappa shape index (κ2) is 3.14. The molecule has 0 aromatic heterocycles. The molecule has 0 unspecified atom stereocenters. The third-order valence-corrected chi connectivity index (χ3v) is 2.38. The molecule has 0 saturated carbocycles. The van der Waals surface area contributed by atoms with E-state index < -0.39 is 19.2 Å². The standard InChI is InChI=1S/C4H9O5P/c1-2-3(4(5)6)10(7,8)9/h3H,2H2,1H3,(H,5,6)(H2,7,8,9)/p-3/t3-/m0/s1. The Balaban J connectivity index is 4.38. The molecule has 0 aliphatic carbocycles. The summed E-state index contributed by atoms with van der Waals surface area (Å²) in [4.78, 5) is 30.0. The normalized spacial score (nSPS) is 14.7. The molecular formula is C4H6O5P-3. The van der Waals surface area contributed by atoms with Crippen molar-refractivity contribution in [2.24, 2.45) is 0 Å². The van der Waals surface area contributed by atoms with E-state index in [1.807, 2.05) is 0 Å². The van der Waals surface area contributed by atoms with Crippen molar-refractivity contribution in [1.82, 2.24) is 0 Å². The fourth-order valence-electron chi connectivity index (χ4n) is 0.519. The Morgan fingerprint density at radius 2 is 2.00 bits per heavy atom. The van der Waals surface area contributed by atoms with Crippen LogP contribution < -0.4 is 14.9 Å². The lowest BCUT2D eigenvalue weighted by atomic mass is 10.3. The first-order chi connectivity index (χ1) is 4.39. The van der Waals surface area contributed by atoms with Gasteiger partial charge in [0.1, 0.15) is 0 Å². The van der Waals surface area contributed by atoms with E-state index >= 15 is 0 Å². The first kappa shape index (κ1) is 9.62. The second-order valence-electron chi connectivity index (χ2n) is 1.78. The molecule has 0 aliphatic heterocycles. The SMILES string of the molecule is CC[C@@H](C(=O)[O-])P(=O)([O-])[O-]. The maximum atomic E-state index is 10.1. The number of hydrogen-bond donors (Lipinski definition) is 0. The fourth-order valence-corrected chi connectivity index (χ4v) is 1.22. The van der Waals surface area contributed by atoms with Gasteiger partial charge in [0.05, 0.1) is 0 Å². The Labute approximate surface area is 57.8 Å². The summed E-state index contributed by atoms with van der Waals surface area (Å²) >= 11 is 0. The lowest BCUT2D eigenvalue weighted by molar-refractivity contribution is -0.328. The van der Waals surface area contributed by atoms with Crippen LogP contribution in [0.1, 0.15) is 13.3 Å². The topological polar surface area (TPSA) is 103 Å². The molecule has 10 heavy (non-hydrogen) atoms. The van der Waals surface area contributed by atoms with Crippen molar-refractivity contribution in [3.05, 3.63) is 0 Å². The van der Waals surface area contributed by atoms with Gasteiger partial charge in [0, 0.05) is 11.6 Å². The number of rotatable bonds is 3. The fraction of sp³-hybridized carbons (Fsp3) is 0.750. The summed E-state index contributed by atoms with van der Waals surface area (Å²) in [5.41, 5.74) is -1.88. The van der Waals surface area contributed by atoms with Crippen molar-refractivity contribution < 1.29 is 24.3 Å². The lowest BCUT2D eigenvalue weighted by Crippen LogP contribution is -2.40. The smallest absolute Gasteiger partial charge is 0.0495 e. The molecule has 0 saturated heterocycles. The third kappa shape index (κ3) is 2.47. The molecular weight excluding hydrogens is 159 g/mol. The highest BCUT2D eigenvalue weighted by Crippen LogP contribution is 2.32. The van der Waals surface area contributed by atoms with E-state index in [9.17, 15) is 24.3 Å². The summed E-state index contributed by atoms with van der Waals surface area (Å²) in [5.74, 6) is -1.82. The molecule has 0 fully saturated rings. The lowest BCUT2D eigenvalue weighted by Gasteiger charge is -2.38. The first-order valence-corrected chi connectivity index (χ1v) is 4.23. The number of carboxylic acids is 1. The highest BCUT2D eigenvalue weighted by atomic mass is 31.2. The van der Waals surface area contributed by atoms with Crippen molar-refractivity contribution in [3.8, 4) is 0 Å². The molecule has 5 nitrogen and oxygen atoms in total. The molecule has 0 heterocycles. The molecule has 0 N–H and O–H groups in total. The molecule has 0 amide bonds. The number of hydrogen-bond acceptors (Lipinski definition) is 5. The Morgan fingerprint density at radius 3 is 2.00 bits per heavy atom. The summed E-state index contributed by atoms with van der Waals surface area (Å²) in [6.07, 6.45) is -0.243. The highest BCUT2D eigenvalue weighted by molar-refractivity contribution is 7.50. The van der Waals surface area contributed by atoms with Crippen molar-refractivity contribution >= 4 is 13.6 Å². The Kier molecular flexibility index (Phi) is 3.02. The molecule has 0 radical (unpaired) electrons. The summed E-state index contributed by atoms with van der Waals surface area (Å²) in [7, 11) is -4.99. The summed E-state index contributed by atoms with van der Waals surface area (Å²) in [6.45, 7) is 1.29. The van der Waals surface area contributed by atoms with E-state index in [2.05, 4.69) is 0 Å². The van der Waals surface area contributed by atoms with Crippen LogP contribution in [-0.4, -0.2) is 11.6 Å². The number of carbonyl (C=O) groups is 1. The van der Waals surface area contributed by atoms with Crippen LogP contribution in [-0.2, 0) is 9.36 Å². The zero-order valence-corrected chi connectivity index (χ0v) is 6.17. The van der Waals surface area contributed by atoms with Crippen LogP contribution in [0, 0.1) is 0 Å². The molecule has 0 bridgehead atoms. The van der Waals surface area contributed by atoms with Crippen LogP contribution in [0.5, 0.6) is 0 Å². The van der Waals surface area contributed by atoms with E-state index in [1.165, 1.54) is 6.92 Å². The average Bonchev–Trinajstić information content (AvgIpc) is 1.60. The highest BCUT2D eigenvalue weighted by Gasteiger charge is 2.10. The first-order valence-electron chi connectivity index (χ1n) is 2.62. The maximum absolute atomic E-state index is 10.1. The van der Waals surface area contributed by atoms with Gasteiger partial charge >= 0.3 is 0 Å². The van der Waals surface area contributed by atoms with Crippen LogP contribution in [0.25, 0.3) is 0 Å². The van der Waals surface area contributed by atoms with E-state index in [0.29, 0.717) is 0 Å². The number of carbonyl (C=O) groups excluding carboxylic acids is 1. The van der Waals surface area contributed by atoms with E-state index in [4.69, 9.17) is 0 Å². The van der Waals surface area contributed by atoms with Gasteiger partial charge in [-0.3, -0.25) is 0 Å². The molecule has 0 aromatic rings. The Hall–Kier alpha value is -0.380. The zero-order valence-electron chi connectivity index (χ0n) is 5.27. The van der Waals surface area contributed by atoms with Gasteiger partial charge in [-0.2, -0.15) is 0 Å².